The fourth-order valence-electron chi connectivity index (χ4n) is 1.40. The molecule has 0 atom stereocenters. The molecule has 0 aliphatic heterocycles. The van der Waals surface area contributed by atoms with E-state index in [1.165, 1.54) is 0 Å². The average molecular weight is 171 g/mol. The van der Waals surface area contributed by atoms with Crippen LogP contribution >= 0.6 is 0 Å². The minimum Gasteiger partial charge on any atom is -0.381 e. The van der Waals surface area contributed by atoms with E-state index >= 15 is 0 Å². The van der Waals surface area contributed by atoms with E-state index in [-0.39, 0.29) is 5.91 Å². The first-order valence-corrected chi connectivity index (χ1v) is 4.58. The summed E-state index contributed by atoms with van der Waals surface area (Å²) < 4.78 is 5.11. The summed E-state index contributed by atoms with van der Waals surface area (Å²) in [6.45, 7) is 2.01. The monoisotopic (exact) mass is 171 g/mol. The van der Waals surface area contributed by atoms with Crippen LogP contribution in [0.3, 0.4) is 0 Å². The molecule has 0 aromatic rings. The van der Waals surface area contributed by atoms with Crippen molar-refractivity contribution >= 4 is 5.91 Å². The second kappa shape index (κ2) is 4.45. The van der Waals surface area contributed by atoms with Gasteiger partial charge in [0.05, 0.1) is 6.10 Å². The van der Waals surface area contributed by atoms with Crippen LogP contribution in [0.5, 0.6) is 0 Å². The Morgan fingerprint density at radius 3 is 2.75 bits per heavy atom. The van der Waals surface area contributed by atoms with Crippen molar-refractivity contribution in [2.75, 3.05) is 7.11 Å². The molecule has 12 heavy (non-hydrogen) atoms. The molecule has 0 radical (unpaired) electrons. The molecule has 3 heteroatoms. The number of carbonyl (C=O) groups excluding carboxylic acids is 1. The summed E-state index contributed by atoms with van der Waals surface area (Å²) in [5.74, 6) is 0.178. The van der Waals surface area contributed by atoms with Gasteiger partial charge in [-0.25, -0.2) is 0 Å². The van der Waals surface area contributed by atoms with E-state index < -0.39 is 0 Å². The first kappa shape index (κ1) is 9.52. The molecular formula is C9H17NO2. The SMILES string of the molecule is CCCC(=O)NC1CC(OC)C1. The number of hydrogen-bond donors (Lipinski definition) is 1. The third-order valence-corrected chi connectivity index (χ3v) is 2.27. The first-order valence-electron chi connectivity index (χ1n) is 4.58. The molecule has 3 nitrogen and oxygen atoms in total. The maximum atomic E-state index is 11.1. The summed E-state index contributed by atoms with van der Waals surface area (Å²) >= 11 is 0. The van der Waals surface area contributed by atoms with E-state index in [1.54, 1.807) is 7.11 Å². The first-order chi connectivity index (χ1) is 5.76. The van der Waals surface area contributed by atoms with Gasteiger partial charge in [-0.2, -0.15) is 0 Å². The van der Waals surface area contributed by atoms with Crippen molar-refractivity contribution < 1.29 is 9.53 Å². The topological polar surface area (TPSA) is 38.3 Å². The third kappa shape index (κ3) is 2.48. The molecule has 1 rings (SSSR count). The van der Waals surface area contributed by atoms with Gasteiger partial charge in [0.15, 0.2) is 0 Å². The van der Waals surface area contributed by atoms with Gasteiger partial charge >= 0.3 is 0 Å². The third-order valence-electron chi connectivity index (χ3n) is 2.27. The van der Waals surface area contributed by atoms with Crippen LogP contribution in [0.15, 0.2) is 0 Å². The van der Waals surface area contributed by atoms with E-state index in [0.717, 1.165) is 19.3 Å². The maximum absolute atomic E-state index is 11.1. The molecule has 0 spiro atoms. The fourth-order valence-corrected chi connectivity index (χ4v) is 1.40. The smallest absolute Gasteiger partial charge is 0.220 e. The molecule has 1 fully saturated rings. The van der Waals surface area contributed by atoms with Crippen LogP contribution in [-0.2, 0) is 9.53 Å². The van der Waals surface area contributed by atoms with Gasteiger partial charge in [-0.1, -0.05) is 6.92 Å². The van der Waals surface area contributed by atoms with Gasteiger partial charge in [-0.05, 0) is 19.3 Å². The Labute approximate surface area is 73.5 Å². The molecule has 0 unspecified atom stereocenters. The highest BCUT2D eigenvalue weighted by atomic mass is 16.5. The number of nitrogens with one attached hydrogen (secondary N) is 1. The highest BCUT2D eigenvalue weighted by Gasteiger charge is 2.29. The summed E-state index contributed by atoms with van der Waals surface area (Å²) in [6.07, 6.45) is 3.90. The van der Waals surface area contributed by atoms with Crippen molar-refractivity contribution in [3.63, 3.8) is 0 Å². The highest BCUT2D eigenvalue weighted by molar-refractivity contribution is 5.76. The number of methoxy groups -OCH3 is 1. The van der Waals surface area contributed by atoms with Crippen molar-refractivity contribution in [1.82, 2.24) is 5.32 Å². The van der Waals surface area contributed by atoms with Gasteiger partial charge in [-0.15, -0.1) is 0 Å². The Balaban J connectivity index is 2.06. The van der Waals surface area contributed by atoms with Gasteiger partial charge < -0.3 is 10.1 Å². The second-order valence-corrected chi connectivity index (χ2v) is 3.34. The van der Waals surface area contributed by atoms with Crippen LogP contribution < -0.4 is 5.32 Å². The van der Waals surface area contributed by atoms with Crippen molar-refractivity contribution in [3.05, 3.63) is 0 Å². The quantitative estimate of drug-likeness (QED) is 0.687. The van der Waals surface area contributed by atoms with Gasteiger partial charge in [0.2, 0.25) is 5.91 Å². The lowest BCUT2D eigenvalue weighted by Gasteiger charge is -2.34. The maximum Gasteiger partial charge on any atom is 0.220 e. The van der Waals surface area contributed by atoms with Crippen LogP contribution in [0.2, 0.25) is 0 Å². The minimum absolute atomic E-state index is 0.178. The molecule has 1 amide bonds. The average Bonchev–Trinajstić information content (AvgIpc) is 1.96. The van der Waals surface area contributed by atoms with Gasteiger partial charge in [0.1, 0.15) is 0 Å². The molecule has 70 valence electrons. The van der Waals surface area contributed by atoms with Crippen LogP contribution in [0.1, 0.15) is 32.6 Å². The fraction of sp³-hybridized carbons (Fsp3) is 0.889. The van der Waals surface area contributed by atoms with Gasteiger partial charge in [-0.3, -0.25) is 4.79 Å². The Morgan fingerprint density at radius 2 is 2.25 bits per heavy atom. The van der Waals surface area contributed by atoms with Crippen molar-refractivity contribution in [1.29, 1.82) is 0 Å². The van der Waals surface area contributed by atoms with Crippen molar-refractivity contribution in [2.24, 2.45) is 0 Å². The molecule has 1 saturated carbocycles. The highest BCUT2D eigenvalue weighted by Crippen LogP contribution is 2.22. The summed E-state index contributed by atoms with van der Waals surface area (Å²) in [7, 11) is 1.72. The number of hydrogen-bond acceptors (Lipinski definition) is 2. The molecule has 0 bridgehead atoms. The standard InChI is InChI=1S/C9H17NO2/c1-3-4-9(11)10-7-5-8(6-7)12-2/h7-8H,3-6H2,1-2H3,(H,10,11). The van der Waals surface area contributed by atoms with E-state index in [2.05, 4.69) is 5.32 Å². The van der Waals surface area contributed by atoms with Crippen molar-refractivity contribution in [3.8, 4) is 0 Å². The molecule has 0 heterocycles. The largest absolute Gasteiger partial charge is 0.381 e. The molecule has 1 aliphatic rings. The zero-order valence-electron chi connectivity index (χ0n) is 7.80. The molecule has 0 saturated heterocycles. The number of ether oxygens (including phenoxy) is 1. The van der Waals surface area contributed by atoms with Crippen LogP contribution in [-0.4, -0.2) is 25.2 Å². The van der Waals surface area contributed by atoms with Crippen LogP contribution in [0.4, 0.5) is 0 Å². The molecule has 0 aromatic heterocycles. The van der Waals surface area contributed by atoms with Gasteiger partial charge in [0.25, 0.3) is 0 Å². The van der Waals surface area contributed by atoms with Gasteiger partial charge in [0, 0.05) is 19.6 Å². The number of amides is 1. The van der Waals surface area contributed by atoms with Crippen LogP contribution in [0, 0.1) is 0 Å². The lowest BCUT2D eigenvalue weighted by atomic mass is 9.89. The number of rotatable bonds is 4. The Kier molecular flexibility index (Phi) is 3.53. The summed E-state index contributed by atoms with van der Waals surface area (Å²) in [4.78, 5) is 11.1. The minimum atomic E-state index is 0.178. The molecule has 1 N–H and O–H groups in total. The van der Waals surface area contributed by atoms with Crippen molar-refractivity contribution in [2.45, 2.75) is 44.8 Å². The van der Waals surface area contributed by atoms with Crippen LogP contribution in [0.25, 0.3) is 0 Å². The summed E-state index contributed by atoms with van der Waals surface area (Å²) in [5.41, 5.74) is 0. The molecule has 0 aromatic carbocycles. The Morgan fingerprint density at radius 1 is 1.58 bits per heavy atom. The number of carbonyl (C=O) groups is 1. The van der Waals surface area contributed by atoms with E-state index in [1.807, 2.05) is 6.92 Å². The zero-order valence-corrected chi connectivity index (χ0v) is 7.80. The normalized spacial score (nSPS) is 27.8. The predicted molar refractivity (Wildman–Crippen MR) is 46.9 cm³/mol. The van der Waals surface area contributed by atoms with E-state index in [0.29, 0.717) is 18.6 Å². The predicted octanol–water partition coefficient (Wildman–Crippen LogP) is 1.08. The molecule has 1 aliphatic carbocycles. The Hall–Kier alpha value is -0.570. The summed E-state index contributed by atoms with van der Waals surface area (Å²) in [5, 5.41) is 2.96. The second-order valence-electron chi connectivity index (χ2n) is 3.34. The van der Waals surface area contributed by atoms with E-state index in [9.17, 15) is 4.79 Å². The van der Waals surface area contributed by atoms with E-state index in [4.69, 9.17) is 4.74 Å². The summed E-state index contributed by atoms with van der Waals surface area (Å²) in [6, 6.07) is 0.369. The lowest BCUT2D eigenvalue weighted by Crippen LogP contribution is -2.47. The molecular weight excluding hydrogens is 154 g/mol. The lowest BCUT2D eigenvalue weighted by molar-refractivity contribution is -0.123. The Bertz CT molecular complexity index is 153. The zero-order chi connectivity index (χ0) is 8.97.